The van der Waals surface area contributed by atoms with Gasteiger partial charge in [-0.15, -0.1) is 11.6 Å². The molecule has 0 spiro atoms. The third kappa shape index (κ3) is 3.88. The second kappa shape index (κ2) is 7.45. The molecule has 1 aliphatic heterocycles. The van der Waals surface area contributed by atoms with E-state index >= 15 is 0 Å². The summed E-state index contributed by atoms with van der Waals surface area (Å²) in [6.45, 7) is 2.88. The van der Waals surface area contributed by atoms with Gasteiger partial charge >= 0.3 is 0 Å². The zero-order valence-electron chi connectivity index (χ0n) is 12.5. The van der Waals surface area contributed by atoms with Crippen LogP contribution in [-0.4, -0.2) is 35.8 Å². The van der Waals surface area contributed by atoms with E-state index in [1.165, 1.54) is 0 Å². The lowest BCUT2D eigenvalue weighted by Crippen LogP contribution is -2.26. The van der Waals surface area contributed by atoms with Crippen LogP contribution in [0, 0.1) is 10.1 Å². The predicted molar refractivity (Wildman–Crippen MR) is 86.5 cm³/mol. The van der Waals surface area contributed by atoms with Gasteiger partial charge in [0.15, 0.2) is 0 Å². The van der Waals surface area contributed by atoms with Crippen molar-refractivity contribution in [3.63, 3.8) is 0 Å². The van der Waals surface area contributed by atoms with Crippen molar-refractivity contribution in [1.82, 2.24) is 5.32 Å². The number of hydrogen-bond donors (Lipinski definition) is 2. The average molecular weight is 326 g/mol. The van der Waals surface area contributed by atoms with Crippen molar-refractivity contribution in [2.24, 2.45) is 0 Å². The third-order valence-electron chi connectivity index (χ3n) is 3.71. The summed E-state index contributed by atoms with van der Waals surface area (Å²) in [6.07, 6.45) is 1.86. The molecule has 1 aromatic rings. The number of nitrogens with zero attached hydrogens (tertiary/aromatic N) is 1. The summed E-state index contributed by atoms with van der Waals surface area (Å²) in [5.74, 6) is 0.336. The number of nitro groups is 1. The number of rotatable bonds is 7. The maximum absolute atomic E-state index is 12.3. The first-order chi connectivity index (χ1) is 10.5. The Morgan fingerprint density at radius 3 is 3.00 bits per heavy atom. The minimum absolute atomic E-state index is 0.161. The van der Waals surface area contributed by atoms with Gasteiger partial charge in [0.05, 0.1) is 11.3 Å². The summed E-state index contributed by atoms with van der Waals surface area (Å²) in [5.41, 5.74) is 3.29. The molecule has 120 valence electrons. The zero-order valence-corrected chi connectivity index (χ0v) is 13.3. The Balaban J connectivity index is 2.22. The van der Waals surface area contributed by atoms with Crippen molar-refractivity contribution in [2.45, 2.75) is 32.2 Å². The van der Waals surface area contributed by atoms with Gasteiger partial charge < -0.3 is 10.6 Å². The number of halogens is 1. The Hall–Kier alpha value is -1.82. The number of alkyl halides is 1. The predicted octanol–water partition coefficient (Wildman–Crippen LogP) is 2.22. The van der Waals surface area contributed by atoms with Crippen LogP contribution in [0.25, 0.3) is 0 Å². The second-order valence-corrected chi connectivity index (χ2v) is 5.87. The van der Waals surface area contributed by atoms with Crippen LogP contribution in [-0.2, 0) is 12.8 Å². The number of hydrogen-bond acceptors (Lipinski definition) is 4. The van der Waals surface area contributed by atoms with Gasteiger partial charge in [-0.2, -0.15) is 0 Å². The van der Waals surface area contributed by atoms with Gasteiger partial charge in [-0.05, 0) is 30.0 Å². The van der Waals surface area contributed by atoms with Gasteiger partial charge in [0.1, 0.15) is 0 Å². The zero-order chi connectivity index (χ0) is 16.1. The van der Waals surface area contributed by atoms with Crippen molar-refractivity contribution in [3.05, 3.63) is 38.9 Å². The van der Waals surface area contributed by atoms with E-state index in [1.807, 2.05) is 6.07 Å². The van der Waals surface area contributed by atoms with E-state index in [1.54, 1.807) is 13.0 Å². The number of carbonyl (C=O) groups excluding carboxylic acids is 1. The smallest absolute Gasteiger partial charge is 0.253 e. The summed E-state index contributed by atoms with van der Waals surface area (Å²) in [4.78, 5) is 22.9. The molecule has 1 unspecified atom stereocenters. The summed E-state index contributed by atoms with van der Waals surface area (Å²) in [5, 5.41) is 16.9. The molecule has 7 heteroatoms. The lowest BCUT2D eigenvalue weighted by atomic mass is 9.98. The van der Waals surface area contributed by atoms with E-state index in [-0.39, 0.29) is 10.8 Å². The van der Waals surface area contributed by atoms with E-state index < -0.39 is 6.04 Å². The highest BCUT2D eigenvalue weighted by Crippen LogP contribution is 2.29. The first kappa shape index (κ1) is 16.5. The number of nitrogens with one attached hydrogen (secondary N) is 2. The first-order valence-electron chi connectivity index (χ1n) is 7.40. The Labute approximate surface area is 134 Å². The molecule has 0 radical (unpaired) electrons. The standard InChI is InChI=1S/C15H20ClN3O3/c1-10(19(21)22)7-11-8-12-3-6-17-14(12)13(9-11)15(20)18-5-2-4-16/h8-10,17H,2-7H2,1H3,(H,18,20). The minimum atomic E-state index is -0.667. The monoisotopic (exact) mass is 325 g/mol. The molecule has 0 saturated carbocycles. The summed E-state index contributed by atoms with van der Waals surface area (Å²) in [7, 11) is 0. The topological polar surface area (TPSA) is 84.3 Å². The minimum Gasteiger partial charge on any atom is -0.384 e. The highest BCUT2D eigenvalue weighted by molar-refractivity contribution is 6.17. The molecular formula is C15H20ClN3O3. The van der Waals surface area contributed by atoms with Gasteiger partial charge in [-0.1, -0.05) is 6.07 Å². The molecular weight excluding hydrogens is 306 g/mol. The maximum Gasteiger partial charge on any atom is 0.253 e. The third-order valence-corrected chi connectivity index (χ3v) is 3.97. The SMILES string of the molecule is CC(Cc1cc2c(c(C(=O)NCCCCl)c1)NCC2)[N+](=O)[O-]. The molecule has 0 aromatic heterocycles. The molecule has 1 aromatic carbocycles. The van der Waals surface area contributed by atoms with Crippen molar-refractivity contribution in [3.8, 4) is 0 Å². The second-order valence-electron chi connectivity index (χ2n) is 5.49. The van der Waals surface area contributed by atoms with Crippen LogP contribution in [0.3, 0.4) is 0 Å². The molecule has 2 rings (SSSR count). The number of amides is 1. The number of anilines is 1. The molecule has 0 saturated heterocycles. The van der Waals surface area contributed by atoms with Crippen LogP contribution in [0.2, 0.25) is 0 Å². The highest BCUT2D eigenvalue weighted by atomic mass is 35.5. The van der Waals surface area contributed by atoms with E-state index in [9.17, 15) is 14.9 Å². The van der Waals surface area contributed by atoms with Gasteiger partial charge in [-0.3, -0.25) is 14.9 Å². The van der Waals surface area contributed by atoms with Gasteiger partial charge in [-0.25, -0.2) is 0 Å². The van der Waals surface area contributed by atoms with Crippen LogP contribution in [0.4, 0.5) is 5.69 Å². The Bertz CT molecular complexity index is 577. The quantitative estimate of drug-likeness (QED) is 0.348. The molecule has 1 atom stereocenters. The van der Waals surface area contributed by atoms with Crippen LogP contribution in [0.5, 0.6) is 0 Å². The molecule has 22 heavy (non-hydrogen) atoms. The van der Waals surface area contributed by atoms with Crippen LogP contribution in [0.1, 0.15) is 34.8 Å². The fourth-order valence-corrected chi connectivity index (χ4v) is 2.71. The lowest BCUT2D eigenvalue weighted by molar-refractivity contribution is -0.517. The molecule has 0 aliphatic carbocycles. The van der Waals surface area contributed by atoms with E-state index in [0.29, 0.717) is 30.8 Å². The van der Waals surface area contributed by atoms with Gasteiger partial charge in [0.25, 0.3) is 5.91 Å². The van der Waals surface area contributed by atoms with Gasteiger partial charge in [0, 0.05) is 37.2 Å². The van der Waals surface area contributed by atoms with Crippen LogP contribution in [0.15, 0.2) is 12.1 Å². The van der Waals surface area contributed by atoms with Crippen molar-refractivity contribution in [2.75, 3.05) is 24.3 Å². The number of fused-ring (bicyclic) bond motifs is 1. The summed E-state index contributed by atoms with van der Waals surface area (Å²) >= 11 is 5.61. The van der Waals surface area contributed by atoms with E-state index in [2.05, 4.69) is 10.6 Å². The van der Waals surface area contributed by atoms with E-state index in [0.717, 1.165) is 29.8 Å². The lowest BCUT2D eigenvalue weighted by Gasteiger charge is -2.13. The average Bonchev–Trinajstić information content (AvgIpc) is 2.94. The molecule has 6 nitrogen and oxygen atoms in total. The summed E-state index contributed by atoms with van der Waals surface area (Å²) in [6, 6.07) is 3.05. The van der Waals surface area contributed by atoms with Crippen LogP contribution < -0.4 is 10.6 Å². The Kier molecular flexibility index (Phi) is 5.60. The molecule has 0 fully saturated rings. The van der Waals surface area contributed by atoms with Crippen molar-refractivity contribution >= 4 is 23.2 Å². The normalized spacial score (nSPS) is 14.1. The largest absolute Gasteiger partial charge is 0.384 e. The fourth-order valence-electron chi connectivity index (χ4n) is 2.57. The molecule has 0 bridgehead atoms. The highest BCUT2D eigenvalue weighted by Gasteiger charge is 2.22. The molecule has 1 aliphatic rings. The fraction of sp³-hybridized carbons (Fsp3) is 0.533. The molecule has 2 N–H and O–H groups in total. The van der Waals surface area contributed by atoms with Crippen LogP contribution >= 0.6 is 11.6 Å². The van der Waals surface area contributed by atoms with Crippen molar-refractivity contribution < 1.29 is 9.72 Å². The Morgan fingerprint density at radius 1 is 1.55 bits per heavy atom. The van der Waals surface area contributed by atoms with E-state index in [4.69, 9.17) is 11.6 Å². The van der Waals surface area contributed by atoms with Crippen molar-refractivity contribution in [1.29, 1.82) is 0 Å². The number of benzene rings is 1. The Morgan fingerprint density at radius 2 is 2.32 bits per heavy atom. The number of carbonyl (C=O) groups is 1. The van der Waals surface area contributed by atoms with Gasteiger partial charge in [0.2, 0.25) is 6.04 Å². The molecule has 1 heterocycles. The first-order valence-corrected chi connectivity index (χ1v) is 7.93. The molecule has 1 amide bonds. The maximum atomic E-state index is 12.3. The summed E-state index contributed by atoms with van der Waals surface area (Å²) < 4.78 is 0.